The van der Waals surface area contributed by atoms with Gasteiger partial charge in [-0.05, 0) is 18.6 Å². The van der Waals surface area contributed by atoms with Crippen LogP contribution >= 0.6 is 12.4 Å². The molecule has 0 spiro atoms. The third kappa shape index (κ3) is 7.24. The Labute approximate surface area is 135 Å². The van der Waals surface area contributed by atoms with Crippen LogP contribution in [0.5, 0.6) is 5.75 Å². The predicted octanol–water partition coefficient (Wildman–Crippen LogP) is 2.03. The summed E-state index contributed by atoms with van der Waals surface area (Å²) in [4.78, 5) is 21.7. The number of carbonyl (C=O) groups excluding carboxylic acids is 1. The zero-order chi connectivity index (χ0) is 15.7. The van der Waals surface area contributed by atoms with E-state index in [2.05, 4.69) is 12.2 Å². The topological polar surface area (TPSA) is 107 Å². The highest BCUT2D eigenvalue weighted by molar-refractivity contribution is 5.85. The van der Waals surface area contributed by atoms with Crippen LogP contribution in [-0.2, 0) is 4.79 Å². The van der Waals surface area contributed by atoms with Crippen LogP contribution in [-0.4, -0.2) is 30.0 Å². The first-order chi connectivity index (χ1) is 10.1. The first-order valence-electron chi connectivity index (χ1n) is 6.93. The van der Waals surface area contributed by atoms with Gasteiger partial charge >= 0.3 is 0 Å². The summed E-state index contributed by atoms with van der Waals surface area (Å²) in [6, 6.07) is 5.54. The summed E-state index contributed by atoms with van der Waals surface area (Å²) in [6.07, 6.45) is 2.90. The average Bonchev–Trinajstić information content (AvgIpc) is 2.49. The van der Waals surface area contributed by atoms with Crippen molar-refractivity contribution < 1.29 is 14.5 Å². The molecule has 8 heteroatoms. The first-order valence-corrected chi connectivity index (χ1v) is 6.93. The molecular weight excluding hydrogens is 310 g/mol. The van der Waals surface area contributed by atoms with Gasteiger partial charge in [-0.15, -0.1) is 12.4 Å². The molecule has 0 heterocycles. The molecule has 1 amide bonds. The van der Waals surface area contributed by atoms with Crippen LogP contribution in [0.1, 0.15) is 26.2 Å². The van der Waals surface area contributed by atoms with E-state index in [0.29, 0.717) is 12.3 Å². The zero-order valence-electron chi connectivity index (χ0n) is 12.5. The molecule has 0 bridgehead atoms. The van der Waals surface area contributed by atoms with Crippen molar-refractivity contribution in [2.24, 2.45) is 5.73 Å². The van der Waals surface area contributed by atoms with Crippen molar-refractivity contribution in [3.63, 3.8) is 0 Å². The highest BCUT2D eigenvalue weighted by atomic mass is 35.5. The van der Waals surface area contributed by atoms with Gasteiger partial charge in [0.15, 0.2) is 6.61 Å². The van der Waals surface area contributed by atoms with Gasteiger partial charge in [0.05, 0.1) is 4.92 Å². The van der Waals surface area contributed by atoms with E-state index in [4.69, 9.17) is 10.5 Å². The van der Waals surface area contributed by atoms with Crippen LogP contribution in [0.2, 0.25) is 0 Å². The minimum atomic E-state index is -0.490. The molecule has 0 saturated carbocycles. The summed E-state index contributed by atoms with van der Waals surface area (Å²) < 4.78 is 5.28. The minimum absolute atomic E-state index is 0. The first kappa shape index (κ1) is 20.1. The SMILES string of the molecule is CCCCC(CN)NC(=O)COc1ccc([N+](=O)[O-])cc1.Cl. The monoisotopic (exact) mass is 331 g/mol. The van der Waals surface area contributed by atoms with Gasteiger partial charge in [0.2, 0.25) is 0 Å². The minimum Gasteiger partial charge on any atom is -0.484 e. The zero-order valence-corrected chi connectivity index (χ0v) is 13.3. The number of hydrogen-bond donors (Lipinski definition) is 2. The van der Waals surface area contributed by atoms with Gasteiger partial charge in [0.1, 0.15) is 5.75 Å². The number of rotatable bonds is 9. The van der Waals surface area contributed by atoms with Crippen molar-refractivity contribution in [3.8, 4) is 5.75 Å². The maximum atomic E-state index is 11.7. The van der Waals surface area contributed by atoms with Gasteiger partial charge in [-0.1, -0.05) is 19.8 Å². The van der Waals surface area contributed by atoms with E-state index < -0.39 is 4.92 Å². The van der Waals surface area contributed by atoms with Gasteiger partial charge in [-0.2, -0.15) is 0 Å². The molecule has 1 aromatic carbocycles. The third-order valence-corrected chi connectivity index (χ3v) is 2.97. The summed E-state index contributed by atoms with van der Waals surface area (Å²) in [5.41, 5.74) is 5.58. The molecule has 22 heavy (non-hydrogen) atoms. The van der Waals surface area contributed by atoms with Gasteiger partial charge < -0.3 is 15.8 Å². The van der Waals surface area contributed by atoms with Crippen LogP contribution in [0.25, 0.3) is 0 Å². The number of amides is 1. The van der Waals surface area contributed by atoms with E-state index in [1.165, 1.54) is 24.3 Å². The Hall–Kier alpha value is -1.86. The van der Waals surface area contributed by atoms with Crippen LogP contribution < -0.4 is 15.8 Å². The lowest BCUT2D eigenvalue weighted by atomic mass is 10.1. The van der Waals surface area contributed by atoms with E-state index in [1.54, 1.807) is 0 Å². The second-order valence-electron chi connectivity index (χ2n) is 4.68. The van der Waals surface area contributed by atoms with Crippen LogP contribution in [0.4, 0.5) is 5.69 Å². The highest BCUT2D eigenvalue weighted by Crippen LogP contribution is 2.17. The number of nitrogens with one attached hydrogen (secondary N) is 1. The molecule has 1 unspecified atom stereocenters. The maximum Gasteiger partial charge on any atom is 0.269 e. The molecule has 1 atom stereocenters. The summed E-state index contributed by atoms with van der Waals surface area (Å²) in [5.74, 6) is 0.161. The van der Waals surface area contributed by atoms with Crippen LogP contribution in [0.15, 0.2) is 24.3 Å². The highest BCUT2D eigenvalue weighted by Gasteiger charge is 2.11. The molecule has 124 valence electrons. The van der Waals surface area contributed by atoms with Crippen molar-refractivity contribution in [2.75, 3.05) is 13.2 Å². The van der Waals surface area contributed by atoms with E-state index in [-0.39, 0.29) is 36.7 Å². The van der Waals surface area contributed by atoms with Gasteiger partial charge in [0.25, 0.3) is 11.6 Å². The van der Waals surface area contributed by atoms with Crippen LogP contribution in [0.3, 0.4) is 0 Å². The summed E-state index contributed by atoms with van der Waals surface area (Å²) >= 11 is 0. The number of benzene rings is 1. The Kier molecular flexibility index (Phi) is 9.89. The summed E-state index contributed by atoms with van der Waals surface area (Å²) in [5, 5.41) is 13.3. The maximum absolute atomic E-state index is 11.7. The average molecular weight is 332 g/mol. The number of nitrogens with zero attached hydrogens (tertiary/aromatic N) is 1. The van der Waals surface area contributed by atoms with Crippen molar-refractivity contribution in [1.82, 2.24) is 5.32 Å². The molecule has 7 nitrogen and oxygen atoms in total. The van der Waals surface area contributed by atoms with E-state index in [1.807, 2.05) is 0 Å². The fourth-order valence-corrected chi connectivity index (χ4v) is 1.78. The Morgan fingerprint density at radius 3 is 2.55 bits per heavy atom. The molecule has 0 saturated heterocycles. The Morgan fingerprint density at radius 2 is 2.05 bits per heavy atom. The number of nitro groups is 1. The summed E-state index contributed by atoms with van der Waals surface area (Å²) in [6.45, 7) is 2.33. The van der Waals surface area contributed by atoms with Crippen molar-refractivity contribution in [3.05, 3.63) is 34.4 Å². The number of halogens is 1. The number of nitro benzene ring substituents is 1. The lowest BCUT2D eigenvalue weighted by molar-refractivity contribution is -0.384. The third-order valence-electron chi connectivity index (χ3n) is 2.97. The number of hydrogen-bond acceptors (Lipinski definition) is 5. The van der Waals surface area contributed by atoms with E-state index >= 15 is 0 Å². The smallest absolute Gasteiger partial charge is 0.269 e. The van der Waals surface area contributed by atoms with Gasteiger partial charge in [0, 0.05) is 24.7 Å². The fourth-order valence-electron chi connectivity index (χ4n) is 1.78. The van der Waals surface area contributed by atoms with Crippen molar-refractivity contribution >= 4 is 24.0 Å². The van der Waals surface area contributed by atoms with Gasteiger partial charge in [-0.3, -0.25) is 14.9 Å². The van der Waals surface area contributed by atoms with Crippen molar-refractivity contribution in [2.45, 2.75) is 32.2 Å². The predicted molar refractivity (Wildman–Crippen MR) is 86.3 cm³/mol. The molecule has 3 N–H and O–H groups in total. The number of nitrogens with two attached hydrogens (primary N) is 1. The Balaban J connectivity index is 0.00000441. The molecule has 1 aromatic rings. The molecule has 0 aliphatic heterocycles. The molecule has 0 aliphatic rings. The fraction of sp³-hybridized carbons (Fsp3) is 0.500. The van der Waals surface area contributed by atoms with E-state index in [0.717, 1.165) is 19.3 Å². The molecular formula is C14H22ClN3O4. The lowest BCUT2D eigenvalue weighted by Crippen LogP contribution is -2.42. The van der Waals surface area contributed by atoms with E-state index in [9.17, 15) is 14.9 Å². The second kappa shape index (κ2) is 10.8. The van der Waals surface area contributed by atoms with Gasteiger partial charge in [-0.25, -0.2) is 0 Å². The number of unbranched alkanes of at least 4 members (excludes halogenated alkanes) is 1. The molecule has 1 rings (SSSR count). The lowest BCUT2D eigenvalue weighted by Gasteiger charge is -2.16. The number of non-ortho nitro benzene ring substituents is 1. The Bertz CT molecular complexity index is 468. The Morgan fingerprint density at radius 1 is 1.41 bits per heavy atom. The largest absolute Gasteiger partial charge is 0.484 e. The number of carbonyl (C=O) groups is 1. The molecule has 0 fully saturated rings. The standard InChI is InChI=1S/C14H21N3O4.ClH/c1-2-3-4-11(9-15)16-14(18)10-21-13-7-5-12(6-8-13)17(19)20;/h5-8,11H,2-4,9-10,15H2,1H3,(H,16,18);1H. The van der Waals surface area contributed by atoms with Crippen molar-refractivity contribution in [1.29, 1.82) is 0 Å². The quantitative estimate of drug-likeness (QED) is 0.531. The normalized spacial score (nSPS) is 11.2. The summed E-state index contributed by atoms with van der Waals surface area (Å²) in [7, 11) is 0. The number of ether oxygens (including phenoxy) is 1. The second-order valence-corrected chi connectivity index (χ2v) is 4.68. The molecule has 0 radical (unpaired) electrons. The molecule has 0 aromatic heterocycles. The van der Waals surface area contributed by atoms with Crippen LogP contribution in [0, 0.1) is 10.1 Å². The molecule has 0 aliphatic carbocycles.